The molecule has 0 radical (unpaired) electrons. The van der Waals surface area contributed by atoms with Crippen molar-refractivity contribution in [3.8, 4) is 9.88 Å². The van der Waals surface area contributed by atoms with Crippen LogP contribution in [0, 0.1) is 5.92 Å². The standard InChI is InChI=1S/C13H14N2O3S2/c1-8(13(17)18)6-15(2)12(16)9-7-20-11(14-9)10-4-3-5-19-10/h3-5,7-8H,6H2,1-2H3,(H,17,18). The predicted molar refractivity (Wildman–Crippen MR) is 79.2 cm³/mol. The summed E-state index contributed by atoms with van der Waals surface area (Å²) in [5.74, 6) is -1.77. The Bertz CT molecular complexity index is 607. The Hall–Kier alpha value is -1.73. The molecule has 2 aromatic heterocycles. The van der Waals surface area contributed by atoms with Crippen molar-refractivity contribution >= 4 is 34.6 Å². The SMILES string of the molecule is CC(CN(C)C(=O)c1csc(-c2cccs2)n1)C(=O)O. The van der Waals surface area contributed by atoms with E-state index in [1.54, 1.807) is 30.7 Å². The highest BCUT2D eigenvalue weighted by Gasteiger charge is 2.20. The Morgan fingerprint density at radius 2 is 2.20 bits per heavy atom. The Labute approximate surface area is 124 Å². The van der Waals surface area contributed by atoms with E-state index < -0.39 is 11.9 Å². The molecule has 0 bridgehead atoms. The summed E-state index contributed by atoms with van der Waals surface area (Å²) in [6.07, 6.45) is 0. The molecule has 5 nitrogen and oxygen atoms in total. The molecule has 2 heterocycles. The van der Waals surface area contributed by atoms with Crippen molar-refractivity contribution in [2.75, 3.05) is 13.6 Å². The molecule has 7 heteroatoms. The van der Waals surface area contributed by atoms with E-state index in [0.717, 1.165) is 9.88 Å². The average Bonchev–Trinajstić information content (AvgIpc) is 3.07. The Balaban J connectivity index is 2.08. The van der Waals surface area contributed by atoms with Gasteiger partial charge in [0.2, 0.25) is 0 Å². The molecule has 0 aliphatic rings. The van der Waals surface area contributed by atoms with Crippen LogP contribution in [0.15, 0.2) is 22.9 Å². The Morgan fingerprint density at radius 1 is 1.45 bits per heavy atom. The number of thiazole rings is 1. The molecule has 0 spiro atoms. The Kier molecular flexibility index (Phi) is 4.51. The first-order valence-electron chi connectivity index (χ1n) is 5.96. The molecule has 0 aliphatic carbocycles. The van der Waals surface area contributed by atoms with Crippen molar-refractivity contribution in [2.24, 2.45) is 5.92 Å². The summed E-state index contributed by atoms with van der Waals surface area (Å²) in [6.45, 7) is 1.74. The number of carboxylic acids is 1. The van der Waals surface area contributed by atoms with Crippen LogP contribution < -0.4 is 0 Å². The number of amides is 1. The monoisotopic (exact) mass is 310 g/mol. The van der Waals surface area contributed by atoms with E-state index in [-0.39, 0.29) is 12.5 Å². The number of aliphatic carboxylic acids is 1. The lowest BCUT2D eigenvalue weighted by Gasteiger charge is -2.18. The van der Waals surface area contributed by atoms with E-state index in [1.165, 1.54) is 16.2 Å². The zero-order valence-electron chi connectivity index (χ0n) is 11.1. The van der Waals surface area contributed by atoms with Gasteiger partial charge < -0.3 is 10.0 Å². The van der Waals surface area contributed by atoms with Crippen LogP contribution in [0.3, 0.4) is 0 Å². The summed E-state index contributed by atoms with van der Waals surface area (Å²) < 4.78 is 0. The van der Waals surface area contributed by atoms with Crippen molar-refractivity contribution in [1.82, 2.24) is 9.88 Å². The number of carbonyl (C=O) groups excluding carboxylic acids is 1. The molecule has 0 saturated carbocycles. The maximum Gasteiger partial charge on any atom is 0.308 e. The van der Waals surface area contributed by atoms with Gasteiger partial charge >= 0.3 is 5.97 Å². The van der Waals surface area contributed by atoms with Gasteiger partial charge in [-0.1, -0.05) is 13.0 Å². The molecule has 2 rings (SSSR count). The van der Waals surface area contributed by atoms with Crippen LogP contribution in [-0.4, -0.2) is 40.5 Å². The minimum Gasteiger partial charge on any atom is -0.481 e. The van der Waals surface area contributed by atoms with Gasteiger partial charge in [0, 0.05) is 19.0 Å². The minimum atomic E-state index is -0.915. The molecule has 0 fully saturated rings. The van der Waals surface area contributed by atoms with Gasteiger partial charge in [0.15, 0.2) is 0 Å². The zero-order valence-corrected chi connectivity index (χ0v) is 12.7. The summed E-state index contributed by atoms with van der Waals surface area (Å²) >= 11 is 2.98. The molecule has 1 N–H and O–H groups in total. The second-order valence-electron chi connectivity index (χ2n) is 4.44. The van der Waals surface area contributed by atoms with Crippen LogP contribution in [0.1, 0.15) is 17.4 Å². The van der Waals surface area contributed by atoms with Gasteiger partial charge in [-0.05, 0) is 11.4 Å². The molecule has 0 saturated heterocycles. The second-order valence-corrected chi connectivity index (χ2v) is 6.25. The highest BCUT2D eigenvalue weighted by Crippen LogP contribution is 2.28. The van der Waals surface area contributed by atoms with Crippen LogP contribution in [-0.2, 0) is 4.79 Å². The van der Waals surface area contributed by atoms with Crippen LogP contribution in [0.2, 0.25) is 0 Å². The topological polar surface area (TPSA) is 70.5 Å². The van der Waals surface area contributed by atoms with E-state index in [0.29, 0.717) is 5.69 Å². The third-order valence-corrected chi connectivity index (χ3v) is 4.65. The van der Waals surface area contributed by atoms with Crippen molar-refractivity contribution in [2.45, 2.75) is 6.92 Å². The van der Waals surface area contributed by atoms with Crippen LogP contribution >= 0.6 is 22.7 Å². The van der Waals surface area contributed by atoms with E-state index in [1.807, 2.05) is 17.5 Å². The maximum absolute atomic E-state index is 12.2. The van der Waals surface area contributed by atoms with Crippen molar-refractivity contribution in [3.05, 3.63) is 28.6 Å². The summed E-state index contributed by atoms with van der Waals surface area (Å²) in [7, 11) is 1.59. The van der Waals surface area contributed by atoms with E-state index >= 15 is 0 Å². The second kappa shape index (κ2) is 6.15. The quantitative estimate of drug-likeness (QED) is 0.921. The van der Waals surface area contributed by atoms with Gasteiger partial charge in [-0.15, -0.1) is 22.7 Å². The molecule has 2 aromatic rings. The molecular weight excluding hydrogens is 296 g/mol. The number of hydrogen-bond acceptors (Lipinski definition) is 5. The molecular formula is C13H14N2O3S2. The van der Waals surface area contributed by atoms with Gasteiger partial charge in [0.25, 0.3) is 5.91 Å². The van der Waals surface area contributed by atoms with Crippen molar-refractivity contribution < 1.29 is 14.7 Å². The lowest BCUT2D eigenvalue weighted by molar-refractivity contribution is -0.141. The van der Waals surface area contributed by atoms with Crippen molar-refractivity contribution in [1.29, 1.82) is 0 Å². The van der Waals surface area contributed by atoms with Gasteiger partial charge in [-0.25, -0.2) is 4.98 Å². The molecule has 0 aromatic carbocycles. The summed E-state index contributed by atoms with van der Waals surface area (Å²) in [6, 6.07) is 3.89. The fourth-order valence-electron chi connectivity index (χ4n) is 1.65. The largest absolute Gasteiger partial charge is 0.481 e. The molecule has 106 valence electrons. The minimum absolute atomic E-state index is 0.167. The van der Waals surface area contributed by atoms with E-state index in [9.17, 15) is 9.59 Å². The van der Waals surface area contributed by atoms with Gasteiger partial charge in [-0.2, -0.15) is 0 Å². The number of carboxylic acid groups (broad SMARTS) is 1. The number of thiophene rings is 1. The van der Waals surface area contributed by atoms with Gasteiger partial charge in [0.05, 0.1) is 10.8 Å². The third-order valence-electron chi connectivity index (χ3n) is 2.77. The highest BCUT2D eigenvalue weighted by atomic mass is 32.1. The smallest absolute Gasteiger partial charge is 0.308 e. The molecule has 0 aliphatic heterocycles. The van der Waals surface area contributed by atoms with Crippen LogP contribution in [0.25, 0.3) is 9.88 Å². The maximum atomic E-state index is 12.2. The number of rotatable bonds is 5. The average molecular weight is 310 g/mol. The molecule has 1 atom stereocenters. The van der Waals surface area contributed by atoms with Gasteiger partial charge in [-0.3, -0.25) is 9.59 Å². The molecule has 20 heavy (non-hydrogen) atoms. The fourth-order valence-corrected chi connectivity index (χ4v) is 3.26. The normalized spacial score (nSPS) is 12.1. The highest BCUT2D eigenvalue weighted by molar-refractivity contribution is 7.20. The number of carbonyl (C=O) groups is 2. The summed E-state index contributed by atoms with van der Waals surface area (Å²) in [4.78, 5) is 29.7. The predicted octanol–water partition coefficient (Wildman–Crippen LogP) is 2.66. The first-order chi connectivity index (χ1) is 9.49. The lowest BCUT2D eigenvalue weighted by atomic mass is 10.2. The zero-order chi connectivity index (χ0) is 14.7. The number of hydrogen-bond donors (Lipinski definition) is 1. The summed E-state index contributed by atoms with van der Waals surface area (Å²) in [5.41, 5.74) is 0.360. The first-order valence-corrected chi connectivity index (χ1v) is 7.72. The number of nitrogens with zero attached hydrogens (tertiary/aromatic N) is 2. The molecule has 1 unspecified atom stereocenters. The fraction of sp³-hybridized carbons (Fsp3) is 0.308. The number of aromatic nitrogens is 1. The van der Waals surface area contributed by atoms with Gasteiger partial charge in [0.1, 0.15) is 10.7 Å². The first kappa shape index (κ1) is 14.7. The van der Waals surface area contributed by atoms with Crippen molar-refractivity contribution in [3.63, 3.8) is 0 Å². The van der Waals surface area contributed by atoms with Crippen LogP contribution in [0.5, 0.6) is 0 Å². The van der Waals surface area contributed by atoms with Crippen LogP contribution in [0.4, 0.5) is 0 Å². The Morgan fingerprint density at radius 3 is 2.80 bits per heavy atom. The third kappa shape index (κ3) is 3.23. The van der Waals surface area contributed by atoms with E-state index in [4.69, 9.17) is 5.11 Å². The van der Waals surface area contributed by atoms with E-state index in [2.05, 4.69) is 4.98 Å². The lowest BCUT2D eigenvalue weighted by Crippen LogP contribution is -2.33. The molecule has 1 amide bonds. The summed E-state index contributed by atoms with van der Waals surface area (Å²) in [5, 5.41) is 13.3.